The van der Waals surface area contributed by atoms with E-state index in [9.17, 15) is 4.79 Å². The number of rotatable bonds is 5. The van der Waals surface area contributed by atoms with E-state index in [-0.39, 0.29) is 11.9 Å². The molecule has 0 N–H and O–H groups in total. The van der Waals surface area contributed by atoms with E-state index in [2.05, 4.69) is 10.2 Å². The highest BCUT2D eigenvalue weighted by Crippen LogP contribution is 2.23. The molecule has 1 saturated heterocycles. The monoisotopic (exact) mass is 348 g/mol. The molecule has 6 heteroatoms. The third kappa shape index (κ3) is 3.59. The average Bonchev–Trinajstić information content (AvgIpc) is 3.38. The molecule has 6 nitrogen and oxygen atoms in total. The third-order valence-corrected chi connectivity index (χ3v) is 4.54. The first-order valence-electron chi connectivity index (χ1n) is 8.71. The fraction of sp³-hybridized carbons (Fsp3) is 0.250. The highest BCUT2D eigenvalue weighted by molar-refractivity contribution is 5.94. The molecule has 0 spiro atoms. The summed E-state index contributed by atoms with van der Waals surface area (Å²) in [5.74, 6) is 0.717. The maximum absolute atomic E-state index is 12.8. The van der Waals surface area contributed by atoms with Crippen LogP contribution in [0, 0.1) is 0 Å². The van der Waals surface area contributed by atoms with Crippen molar-refractivity contribution < 1.29 is 9.53 Å². The van der Waals surface area contributed by atoms with Gasteiger partial charge in [0.25, 0.3) is 5.91 Å². The molecule has 132 valence electrons. The van der Waals surface area contributed by atoms with Gasteiger partial charge in [-0.25, -0.2) is 0 Å². The minimum Gasteiger partial charge on any atom is -0.489 e. The molecule has 1 fully saturated rings. The summed E-state index contributed by atoms with van der Waals surface area (Å²) in [5.41, 5.74) is 1.74. The van der Waals surface area contributed by atoms with Crippen LogP contribution in [0.3, 0.4) is 0 Å². The van der Waals surface area contributed by atoms with Gasteiger partial charge in [-0.2, -0.15) is 15.0 Å². The number of carbonyl (C=O) groups is 1. The molecular formula is C20H20N4O2. The number of likely N-dealkylation sites (tertiary alicyclic amines) is 1. The number of benzene rings is 2. The zero-order valence-corrected chi connectivity index (χ0v) is 14.4. The van der Waals surface area contributed by atoms with Crippen molar-refractivity contribution in [2.45, 2.75) is 19.1 Å². The van der Waals surface area contributed by atoms with Crippen molar-refractivity contribution in [1.29, 1.82) is 0 Å². The Morgan fingerprint density at radius 2 is 1.88 bits per heavy atom. The third-order valence-electron chi connectivity index (χ3n) is 4.54. The molecule has 1 atom stereocenters. The maximum Gasteiger partial charge on any atom is 0.254 e. The fourth-order valence-corrected chi connectivity index (χ4v) is 3.17. The van der Waals surface area contributed by atoms with Gasteiger partial charge in [-0.05, 0) is 30.2 Å². The van der Waals surface area contributed by atoms with Crippen molar-refractivity contribution in [1.82, 2.24) is 19.9 Å². The molecule has 0 aliphatic carbocycles. The van der Waals surface area contributed by atoms with Gasteiger partial charge in [0, 0.05) is 18.7 Å². The fourth-order valence-electron chi connectivity index (χ4n) is 3.17. The minimum absolute atomic E-state index is 0.0183. The summed E-state index contributed by atoms with van der Waals surface area (Å²) in [7, 11) is 0. The van der Waals surface area contributed by atoms with Crippen LogP contribution >= 0.6 is 0 Å². The van der Waals surface area contributed by atoms with E-state index < -0.39 is 0 Å². The highest BCUT2D eigenvalue weighted by atomic mass is 16.5. The van der Waals surface area contributed by atoms with Gasteiger partial charge in [0.1, 0.15) is 12.4 Å². The van der Waals surface area contributed by atoms with E-state index in [1.165, 1.54) is 0 Å². The molecule has 0 bridgehead atoms. The van der Waals surface area contributed by atoms with Gasteiger partial charge in [0.2, 0.25) is 0 Å². The first kappa shape index (κ1) is 16.3. The molecule has 1 amide bonds. The molecule has 1 aromatic heterocycles. The molecule has 0 saturated carbocycles. The Labute approximate surface area is 152 Å². The predicted octanol–water partition coefficient (Wildman–Crippen LogP) is 2.94. The number of aromatic nitrogens is 3. The predicted molar refractivity (Wildman–Crippen MR) is 96.8 cm³/mol. The Kier molecular flexibility index (Phi) is 4.64. The summed E-state index contributed by atoms with van der Waals surface area (Å²) in [6.07, 6.45) is 4.20. The van der Waals surface area contributed by atoms with Gasteiger partial charge < -0.3 is 9.64 Å². The summed E-state index contributed by atoms with van der Waals surface area (Å²) in [5, 5.41) is 8.36. The topological polar surface area (TPSA) is 60.2 Å². The summed E-state index contributed by atoms with van der Waals surface area (Å²) < 4.78 is 5.83. The van der Waals surface area contributed by atoms with Crippen LogP contribution in [0.2, 0.25) is 0 Å². The zero-order valence-electron chi connectivity index (χ0n) is 14.4. The number of amides is 1. The van der Waals surface area contributed by atoms with Crippen LogP contribution in [0.15, 0.2) is 67.0 Å². The van der Waals surface area contributed by atoms with E-state index in [1.54, 1.807) is 17.2 Å². The lowest BCUT2D eigenvalue weighted by Crippen LogP contribution is -2.29. The van der Waals surface area contributed by atoms with Crippen LogP contribution in [0.25, 0.3) is 0 Å². The molecule has 2 aromatic carbocycles. The second-order valence-corrected chi connectivity index (χ2v) is 6.35. The van der Waals surface area contributed by atoms with Crippen molar-refractivity contribution in [3.05, 3.63) is 78.1 Å². The number of hydrogen-bond acceptors (Lipinski definition) is 4. The second-order valence-electron chi connectivity index (χ2n) is 6.35. The van der Waals surface area contributed by atoms with E-state index in [4.69, 9.17) is 4.74 Å². The largest absolute Gasteiger partial charge is 0.489 e. The van der Waals surface area contributed by atoms with Crippen molar-refractivity contribution in [2.75, 3.05) is 13.1 Å². The van der Waals surface area contributed by atoms with E-state index in [0.29, 0.717) is 31.0 Å². The smallest absolute Gasteiger partial charge is 0.254 e. The van der Waals surface area contributed by atoms with Gasteiger partial charge in [-0.3, -0.25) is 4.79 Å². The van der Waals surface area contributed by atoms with Gasteiger partial charge >= 0.3 is 0 Å². The molecular weight excluding hydrogens is 328 g/mol. The summed E-state index contributed by atoms with van der Waals surface area (Å²) in [4.78, 5) is 16.3. The first-order chi connectivity index (χ1) is 12.8. The molecule has 2 heterocycles. The van der Waals surface area contributed by atoms with E-state index >= 15 is 0 Å². The van der Waals surface area contributed by atoms with Gasteiger partial charge in [0.15, 0.2) is 0 Å². The van der Waals surface area contributed by atoms with E-state index in [0.717, 1.165) is 12.0 Å². The maximum atomic E-state index is 12.8. The molecule has 26 heavy (non-hydrogen) atoms. The van der Waals surface area contributed by atoms with E-state index in [1.807, 2.05) is 59.5 Å². The normalized spacial score (nSPS) is 16.6. The molecule has 3 aromatic rings. The second kappa shape index (κ2) is 7.39. The van der Waals surface area contributed by atoms with Crippen LogP contribution in [0.4, 0.5) is 0 Å². The number of nitrogens with zero attached hydrogens (tertiary/aromatic N) is 4. The lowest BCUT2D eigenvalue weighted by Gasteiger charge is -2.17. The summed E-state index contributed by atoms with van der Waals surface area (Å²) >= 11 is 0. The van der Waals surface area contributed by atoms with Crippen LogP contribution in [-0.2, 0) is 6.61 Å². The Hall–Kier alpha value is -3.15. The quantitative estimate of drug-likeness (QED) is 0.711. The molecule has 0 radical (unpaired) electrons. The van der Waals surface area contributed by atoms with Gasteiger partial charge in [-0.1, -0.05) is 36.4 Å². The van der Waals surface area contributed by atoms with Crippen LogP contribution < -0.4 is 4.74 Å². The zero-order chi connectivity index (χ0) is 17.8. The average molecular weight is 348 g/mol. The first-order valence-corrected chi connectivity index (χ1v) is 8.71. The molecule has 4 rings (SSSR count). The number of ether oxygens (including phenoxy) is 1. The number of hydrogen-bond donors (Lipinski definition) is 0. The number of carbonyl (C=O) groups excluding carboxylic acids is 1. The van der Waals surface area contributed by atoms with Gasteiger partial charge in [-0.15, -0.1) is 0 Å². The highest BCUT2D eigenvalue weighted by Gasteiger charge is 2.29. The molecule has 0 unspecified atom stereocenters. The standard InChI is InChI=1S/C20H20N4O2/c25-20(23-12-9-18(14-23)24-21-10-11-22-24)17-7-4-8-19(13-17)26-15-16-5-2-1-3-6-16/h1-8,10-11,13,18H,9,12,14-15H2/t18-/m0/s1. The van der Waals surface area contributed by atoms with Crippen molar-refractivity contribution in [3.8, 4) is 5.75 Å². The summed E-state index contributed by atoms with van der Waals surface area (Å²) in [6, 6.07) is 17.5. The van der Waals surface area contributed by atoms with Crippen LogP contribution in [0.1, 0.15) is 28.4 Å². The van der Waals surface area contributed by atoms with Gasteiger partial charge in [0.05, 0.1) is 18.4 Å². The van der Waals surface area contributed by atoms with Crippen LogP contribution in [-0.4, -0.2) is 38.9 Å². The van der Waals surface area contributed by atoms with Crippen molar-refractivity contribution in [2.24, 2.45) is 0 Å². The molecule has 1 aliphatic rings. The van der Waals surface area contributed by atoms with Crippen molar-refractivity contribution in [3.63, 3.8) is 0 Å². The Morgan fingerprint density at radius 3 is 2.69 bits per heavy atom. The lowest BCUT2D eigenvalue weighted by molar-refractivity contribution is 0.0785. The van der Waals surface area contributed by atoms with Crippen LogP contribution in [0.5, 0.6) is 5.75 Å². The SMILES string of the molecule is O=C(c1cccc(OCc2ccccc2)c1)N1CC[C@H](n2nccn2)C1. The van der Waals surface area contributed by atoms with Crippen molar-refractivity contribution >= 4 is 5.91 Å². The minimum atomic E-state index is 0.0183. The summed E-state index contributed by atoms with van der Waals surface area (Å²) in [6.45, 7) is 1.82. The Morgan fingerprint density at radius 1 is 1.08 bits per heavy atom. The Bertz CT molecular complexity index is 865. The lowest BCUT2D eigenvalue weighted by atomic mass is 10.2. The molecule has 1 aliphatic heterocycles. The Balaban J connectivity index is 1.40.